The number of carbonyl (C=O) groups excluding carboxylic acids is 1. The number of halogens is 1. The second-order valence-electron chi connectivity index (χ2n) is 5.51. The molecule has 1 atom stereocenters. The second-order valence-corrected chi connectivity index (χ2v) is 6.67. The summed E-state index contributed by atoms with van der Waals surface area (Å²) >= 11 is 2.23. The molecule has 0 fully saturated rings. The van der Waals surface area contributed by atoms with Gasteiger partial charge in [-0.15, -0.1) is 0 Å². The van der Waals surface area contributed by atoms with Gasteiger partial charge in [0.2, 0.25) is 0 Å². The molecule has 2 rings (SSSR count). The first kappa shape index (κ1) is 17.0. The number of aryl methyl sites for hydroxylation is 1. The third-order valence-corrected chi connectivity index (χ3v) is 4.49. The van der Waals surface area contributed by atoms with E-state index in [0.29, 0.717) is 6.54 Å². The monoisotopic (exact) mass is 409 g/mol. The molecule has 0 aliphatic carbocycles. The molecule has 1 unspecified atom stereocenters. The summed E-state index contributed by atoms with van der Waals surface area (Å²) in [6, 6.07) is 16.4. The van der Waals surface area contributed by atoms with Crippen LogP contribution in [0, 0.1) is 3.57 Å². The van der Waals surface area contributed by atoms with Crippen molar-refractivity contribution in [3.05, 3.63) is 63.2 Å². The molecule has 0 saturated heterocycles. The minimum atomic E-state index is 0.0480. The average Bonchev–Trinajstić information content (AvgIpc) is 2.50. The largest absolute Gasteiger partial charge is 0.326 e. The van der Waals surface area contributed by atoms with Crippen molar-refractivity contribution in [2.75, 3.05) is 18.9 Å². The molecule has 0 heterocycles. The summed E-state index contributed by atoms with van der Waals surface area (Å²) in [5.41, 5.74) is 3.49. The summed E-state index contributed by atoms with van der Waals surface area (Å²) in [7, 11) is 2.04. The molecule has 116 valence electrons. The van der Waals surface area contributed by atoms with Gasteiger partial charge in [-0.25, -0.2) is 0 Å². The summed E-state index contributed by atoms with van der Waals surface area (Å²) < 4.78 is 1.06. The van der Waals surface area contributed by atoms with Crippen LogP contribution in [0.2, 0.25) is 0 Å². The first-order chi connectivity index (χ1) is 10.6. The van der Waals surface area contributed by atoms with Crippen molar-refractivity contribution in [3.63, 3.8) is 0 Å². The number of anilines is 1. The Kier molecular flexibility index (Phi) is 6.39. The van der Waals surface area contributed by atoms with Crippen LogP contribution in [0.5, 0.6) is 0 Å². The highest BCUT2D eigenvalue weighted by Gasteiger charge is 2.11. The van der Waals surface area contributed by atoms with Crippen molar-refractivity contribution in [1.82, 2.24) is 0 Å². The third kappa shape index (κ3) is 5.10. The molecule has 2 aromatic carbocycles. The predicted octanol–water partition coefficient (Wildman–Crippen LogP) is 2.51. The fourth-order valence-electron chi connectivity index (χ4n) is 2.33. The third-order valence-electron chi connectivity index (χ3n) is 3.55. The Morgan fingerprint density at radius 1 is 1.09 bits per heavy atom. The second kappa shape index (κ2) is 8.29. The van der Waals surface area contributed by atoms with E-state index in [1.165, 1.54) is 16.0 Å². The van der Waals surface area contributed by atoms with Gasteiger partial charge in [-0.1, -0.05) is 43.3 Å². The van der Waals surface area contributed by atoms with Gasteiger partial charge in [0, 0.05) is 9.13 Å². The predicted molar refractivity (Wildman–Crippen MR) is 99.1 cm³/mol. The number of hydrogen-bond acceptors (Lipinski definition) is 1. The number of benzene rings is 2. The zero-order valence-corrected chi connectivity index (χ0v) is 15.2. The van der Waals surface area contributed by atoms with Crippen molar-refractivity contribution < 1.29 is 9.69 Å². The quantitative estimate of drug-likeness (QED) is 0.707. The molecule has 1 amide bonds. The summed E-state index contributed by atoms with van der Waals surface area (Å²) in [5, 5.41) is 2.98. The van der Waals surface area contributed by atoms with Gasteiger partial charge >= 0.3 is 0 Å². The molecule has 0 aromatic heterocycles. The number of rotatable bonds is 6. The van der Waals surface area contributed by atoms with E-state index >= 15 is 0 Å². The highest BCUT2D eigenvalue weighted by molar-refractivity contribution is 14.1. The number of quaternary nitrogens is 1. The van der Waals surface area contributed by atoms with Gasteiger partial charge in [0.1, 0.15) is 6.54 Å². The van der Waals surface area contributed by atoms with Crippen LogP contribution in [0.1, 0.15) is 18.1 Å². The molecule has 2 aromatic rings. The van der Waals surface area contributed by atoms with Crippen molar-refractivity contribution in [3.8, 4) is 0 Å². The minimum absolute atomic E-state index is 0.0480. The molecule has 22 heavy (non-hydrogen) atoms. The highest BCUT2D eigenvalue weighted by atomic mass is 127. The van der Waals surface area contributed by atoms with Gasteiger partial charge in [-0.05, 0) is 46.7 Å². The number of likely N-dealkylation sites (N-methyl/N-ethyl adjacent to an activating group) is 1. The molecular formula is C18H22IN2O+. The smallest absolute Gasteiger partial charge is 0.279 e. The summed E-state index contributed by atoms with van der Waals surface area (Å²) in [6.45, 7) is 3.46. The number of amides is 1. The maximum absolute atomic E-state index is 12.1. The van der Waals surface area contributed by atoms with Crippen LogP contribution < -0.4 is 10.2 Å². The van der Waals surface area contributed by atoms with E-state index in [2.05, 4.69) is 59.1 Å². The molecule has 2 N–H and O–H groups in total. The van der Waals surface area contributed by atoms with Crippen LogP contribution in [0.4, 0.5) is 5.69 Å². The Hall–Kier alpha value is -1.40. The Balaban J connectivity index is 1.87. The first-order valence-corrected chi connectivity index (χ1v) is 8.60. The molecule has 0 saturated carbocycles. The van der Waals surface area contributed by atoms with Crippen LogP contribution >= 0.6 is 22.6 Å². The molecule has 0 bridgehead atoms. The van der Waals surface area contributed by atoms with Crippen LogP contribution in [-0.2, 0) is 17.8 Å². The van der Waals surface area contributed by atoms with Crippen LogP contribution in [0.3, 0.4) is 0 Å². The lowest BCUT2D eigenvalue weighted by atomic mass is 10.1. The summed E-state index contributed by atoms with van der Waals surface area (Å²) in [6.07, 6.45) is 1.06. The Labute approximate surface area is 145 Å². The fourth-order valence-corrected chi connectivity index (χ4v) is 2.86. The molecule has 3 nitrogen and oxygen atoms in total. The standard InChI is InChI=1S/C18H21IN2O/c1-3-14-8-10-15(11-9-14)12-21(2)13-18(22)20-17-7-5-4-6-16(17)19/h4-11H,3,12-13H2,1-2H3,(H,20,22)/p+1. The minimum Gasteiger partial charge on any atom is -0.326 e. The van der Waals surface area contributed by atoms with Crippen molar-refractivity contribution in [2.24, 2.45) is 0 Å². The topological polar surface area (TPSA) is 33.5 Å². The Morgan fingerprint density at radius 3 is 2.36 bits per heavy atom. The molecule has 0 aliphatic heterocycles. The summed E-state index contributed by atoms with van der Waals surface area (Å²) in [5.74, 6) is 0.0480. The Morgan fingerprint density at radius 2 is 1.73 bits per heavy atom. The lowest BCUT2D eigenvalue weighted by molar-refractivity contribution is -0.885. The first-order valence-electron chi connectivity index (χ1n) is 7.52. The van der Waals surface area contributed by atoms with E-state index in [9.17, 15) is 4.79 Å². The Bertz CT molecular complexity index is 625. The van der Waals surface area contributed by atoms with E-state index in [0.717, 1.165) is 22.2 Å². The van der Waals surface area contributed by atoms with Crippen molar-refractivity contribution in [1.29, 1.82) is 0 Å². The van der Waals surface area contributed by atoms with E-state index in [1.54, 1.807) is 0 Å². The number of hydrogen-bond donors (Lipinski definition) is 2. The van der Waals surface area contributed by atoms with Gasteiger partial charge in [-0.2, -0.15) is 0 Å². The molecule has 0 radical (unpaired) electrons. The lowest BCUT2D eigenvalue weighted by Crippen LogP contribution is -3.08. The van der Waals surface area contributed by atoms with Crippen molar-refractivity contribution in [2.45, 2.75) is 19.9 Å². The number of carbonyl (C=O) groups is 1. The maximum atomic E-state index is 12.1. The van der Waals surface area contributed by atoms with Crippen LogP contribution in [-0.4, -0.2) is 19.5 Å². The van der Waals surface area contributed by atoms with E-state index in [-0.39, 0.29) is 5.91 Å². The van der Waals surface area contributed by atoms with Crippen LogP contribution in [0.25, 0.3) is 0 Å². The van der Waals surface area contributed by atoms with E-state index in [1.807, 2.05) is 31.3 Å². The number of nitrogens with one attached hydrogen (secondary N) is 2. The van der Waals surface area contributed by atoms with E-state index in [4.69, 9.17) is 0 Å². The molecule has 0 aliphatic rings. The highest BCUT2D eigenvalue weighted by Crippen LogP contribution is 2.16. The molecular weight excluding hydrogens is 387 g/mol. The number of para-hydroxylation sites is 1. The fraction of sp³-hybridized carbons (Fsp3) is 0.278. The van der Waals surface area contributed by atoms with Gasteiger partial charge in [0.05, 0.1) is 12.7 Å². The normalized spacial score (nSPS) is 12.0. The van der Waals surface area contributed by atoms with Gasteiger partial charge in [-0.3, -0.25) is 4.79 Å². The summed E-state index contributed by atoms with van der Waals surface area (Å²) in [4.78, 5) is 13.3. The van der Waals surface area contributed by atoms with Crippen LogP contribution in [0.15, 0.2) is 48.5 Å². The van der Waals surface area contributed by atoms with Gasteiger partial charge in [0.15, 0.2) is 6.54 Å². The molecule has 4 heteroatoms. The maximum Gasteiger partial charge on any atom is 0.279 e. The zero-order chi connectivity index (χ0) is 15.9. The molecule has 0 spiro atoms. The zero-order valence-electron chi connectivity index (χ0n) is 13.0. The van der Waals surface area contributed by atoms with Gasteiger partial charge < -0.3 is 10.2 Å². The van der Waals surface area contributed by atoms with Crippen molar-refractivity contribution >= 4 is 34.2 Å². The average molecular weight is 409 g/mol. The van der Waals surface area contributed by atoms with E-state index < -0.39 is 0 Å². The van der Waals surface area contributed by atoms with Gasteiger partial charge in [0.25, 0.3) is 5.91 Å². The SMILES string of the molecule is CCc1ccc(C[NH+](C)CC(=O)Nc2ccccc2I)cc1. The lowest BCUT2D eigenvalue weighted by Gasteiger charge is -2.14.